The fourth-order valence-electron chi connectivity index (χ4n) is 3.42. The number of alkyl halides is 3. The fraction of sp³-hybridized carbons (Fsp3) is 0.227. The third-order valence-corrected chi connectivity index (χ3v) is 6.19. The molecule has 0 radical (unpaired) electrons. The van der Waals surface area contributed by atoms with Crippen molar-refractivity contribution in [3.05, 3.63) is 70.4 Å². The average Bonchev–Trinajstić information content (AvgIpc) is 3.30. The van der Waals surface area contributed by atoms with Crippen molar-refractivity contribution in [3.8, 4) is 10.6 Å². The molecule has 0 fully saturated rings. The second-order valence-corrected chi connectivity index (χ2v) is 8.24. The summed E-state index contributed by atoms with van der Waals surface area (Å²) >= 11 is 1.41. The summed E-state index contributed by atoms with van der Waals surface area (Å²) in [4.78, 5) is 16.5. The minimum absolute atomic E-state index is 0.0297. The minimum Gasteiger partial charge on any atom is -0.481 e. The third kappa shape index (κ3) is 4.46. The Bertz CT molecular complexity index is 1240. The van der Waals surface area contributed by atoms with Crippen molar-refractivity contribution in [1.29, 1.82) is 0 Å². The Morgan fingerprint density at radius 1 is 1.16 bits per heavy atom. The molecule has 2 heterocycles. The van der Waals surface area contributed by atoms with Gasteiger partial charge in [-0.2, -0.15) is 18.3 Å². The molecule has 4 rings (SSSR count). The number of carboxylic acids is 1. The van der Waals surface area contributed by atoms with Crippen LogP contribution in [0, 0.1) is 6.92 Å². The maximum atomic E-state index is 12.8. The van der Waals surface area contributed by atoms with Crippen LogP contribution in [-0.2, 0) is 23.9 Å². The highest BCUT2D eigenvalue weighted by atomic mass is 32.1. The lowest BCUT2D eigenvalue weighted by molar-refractivity contribution is -0.138. The van der Waals surface area contributed by atoms with Gasteiger partial charge in [-0.05, 0) is 31.0 Å². The first-order valence-corrected chi connectivity index (χ1v) is 10.3. The number of fused-ring (bicyclic) bond motifs is 1. The number of hydrogen-bond donors (Lipinski definition) is 1. The maximum Gasteiger partial charge on any atom is 0.416 e. The summed E-state index contributed by atoms with van der Waals surface area (Å²) in [7, 11) is 0. The summed E-state index contributed by atoms with van der Waals surface area (Å²) in [6.07, 6.45) is -2.20. The lowest BCUT2D eigenvalue weighted by Gasteiger charge is -2.07. The number of benzene rings is 2. The van der Waals surface area contributed by atoms with Crippen LogP contribution in [0.25, 0.3) is 21.5 Å². The van der Waals surface area contributed by atoms with Gasteiger partial charge in [0.2, 0.25) is 0 Å². The van der Waals surface area contributed by atoms with Crippen LogP contribution in [-0.4, -0.2) is 25.8 Å². The number of thiazole rings is 1. The Morgan fingerprint density at radius 2 is 1.90 bits per heavy atom. The monoisotopic (exact) mass is 445 g/mol. The molecule has 4 aromatic rings. The molecule has 0 aliphatic heterocycles. The highest BCUT2D eigenvalue weighted by Crippen LogP contribution is 2.33. The predicted octanol–water partition coefficient (Wildman–Crippen LogP) is 5.55. The van der Waals surface area contributed by atoms with E-state index in [0.717, 1.165) is 39.2 Å². The van der Waals surface area contributed by atoms with E-state index in [1.165, 1.54) is 23.5 Å². The van der Waals surface area contributed by atoms with Gasteiger partial charge >= 0.3 is 12.1 Å². The average molecular weight is 445 g/mol. The molecule has 0 bridgehead atoms. The number of aliphatic carboxylic acids is 1. The lowest BCUT2D eigenvalue weighted by atomic mass is 10.1. The Hall–Kier alpha value is -3.20. The summed E-state index contributed by atoms with van der Waals surface area (Å²) in [6, 6.07) is 10.7. The number of carbonyl (C=O) groups is 1. The van der Waals surface area contributed by atoms with Gasteiger partial charge in [0.1, 0.15) is 5.01 Å². The van der Waals surface area contributed by atoms with E-state index >= 15 is 0 Å². The Kier molecular flexibility index (Phi) is 5.53. The van der Waals surface area contributed by atoms with Crippen LogP contribution in [0.4, 0.5) is 13.2 Å². The van der Waals surface area contributed by atoms with Gasteiger partial charge in [0.05, 0.1) is 29.5 Å². The molecule has 2 aromatic carbocycles. The van der Waals surface area contributed by atoms with E-state index in [4.69, 9.17) is 5.11 Å². The van der Waals surface area contributed by atoms with Gasteiger partial charge in [-0.3, -0.25) is 9.48 Å². The topological polar surface area (TPSA) is 68.0 Å². The second kappa shape index (κ2) is 8.14. The number of aryl methyl sites for hydroxylation is 2. The zero-order valence-electron chi connectivity index (χ0n) is 16.5. The fourth-order valence-corrected chi connectivity index (χ4v) is 4.47. The molecule has 5 nitrogen and oxygen atoms in total. The number of hydrogen-bond acceptors (Lipinski definition) is 4. The van der Waals surface area contributed by atoms with Crippen LogP contribution >= 0.6 is 11.3 Å². The number of para-hydroxylation sites is 1. The van der Waals surface area contributed by atoms with E-state index in [2.05, 4.69) is 10.1 Å². The maximum absolute atomic E-state index is 12.8. The van der Waals surface area contributed by atoms with E-state index in [9.17, 15) is 18.0 Å². The van der Waals surface area contributed by atoms with Crippen LogP contribution in [0.2, 0.25) is 0 Å². The van der Waals surface area contributed by atoms with Gasteiger partial charge in [-0.15, -0.1) is 11.3 Å². The van der Waals surface area contributed by atoms with Gasteiger partial charge in [-0.1, -0.05) is 30.3 Å². The van der Waals surface area contributed by atoms with Gasteiger partial charge in [0.15, 0.2) is 0 Å². The number of rotatable bonds is 6. The van der Waals surface area contributed by atoms with E-state index in [-0.39, 0.29) is 6.42 Å². The first-order valence-electron chi connectivity index (χ1n) is 9.51. The van der Waals surface area contributed by atoms with Crippen molar-refractivity contribution in [1.82, 2.24) is 14.8 Å². The van der Waals surface area contributed by atoms with Crippen molar-refractivity contribution < 1.29 is 23.1 Å². The summed E-state index contributed by atoms with van der Waals surface area (Å²) in [5.74, 6) is -0.859. The molecule has 0 saturated heterocycles. The number of nitrogens with zero attached hydrogens (tertiary/aromatic N) is 3. The molecule has 0 atom stereocenters. The second-order valence-electron chi connectivity index (χ2n) is 7.15. The third-order valence-electron chi connectivity index (χ3n) is 5.00. The summed E-state index contributed by atoms with van der Waals surface area (Å²) < 4.78 is 40.2. The summed E-state index contributed by atoms with van der Waals surface area (Å²) in [5, 5.41) is 15.0. The molecule has 2 aromatic heterocycles. The molecule has 0 saturated carbocycles. The SMILES string of the molecule is Cc1nc(-c2ccc(C(F)(F)F)cc2)sc1Cn1ncc2cccc(CCC(=O)O)c21. The molecular formula is C22H18F3N3O2S. The smallest absolute Gasteiger partial charge is 0.416 e. The van der Waals surface area contributed by atoms with Crippen LogP contribution in [0.5, 0.6) is 0 Å². The zero-order valence-corrected chi connectivity index (χ0v) is 17.3. The van der Waals surface area contributed by atoms with Crippen LogP contribution in [0.1, 0.15) is 28.1 Å². The van der Waals surface area contributed by atoms with Crippen molar-refractivity contribution in [2.45, 2.75) is 32.5 Å². The quantitative estimate of drug-likeness (QED) is 0.422. The first-order chi connectivity index (χ1) is 14.7. The largest absolute Gasteiger partial charge is 0.481 e. The van der Waals surface area contributed by atoms with Gasteiger partial charge in [0, 0.05) is 22.2 Å². The molecular weight excluding hydrogens is 427 g/mol. The Labute approximate surface area is 179 Å². The van der Waals surface area contributed by atoms with E-state index in [1.54, 1.807) is 6.20 Å². The molecule has 9 heteroatoms. The highest BCUT2D eigenvalue weighted by Gasteiger charge is 2.30. The highest BCUT2D eigenvalue weighted by molar-refractivity contribution is 7.15. The molecule has 31 heavy (non-hydrogen) atoms. The molecule has 0 aliphatic rings. The minimum atomic E-state index is -4.37. The number of aromatic nitrogens is 3. The van der Waals surface area contributed by atoms with Gasteiger partial charge in [-0.25, -0.2) is 4.98 Å². The molecule has 0 amide bonds. The summed E-state index contributed by atoms with van der Waals surface area (Å²) in [5.41, 5.74) is 2.50. The molecule has 0 aliphatic carbocycles. The summed E-state index contributed by atoms with van der Waals surface area (Å²) in [6.45, 7) is 2.30. The number of carboxylic acid groups (broad SMARTS) is 1. The molecule has 160 valence electrons. The van der Waals surface area contributed by atoms with Crippen molar-refractivity contribution in [2.24, 2.45) is 0 Å². The number of halogens is 3. The normalized spacial score (nSPS) is 11.9. The molecule has 0 unspecified atom stereocenters. The van der Waals surface area contributed by atoms with Crippen molar-refractivity contribution >= 4 is 28.2 Å². The first kappa shape index (κ1) is 21.0. The van der Waals surface area contributed by atoms with Gasteiger partial charge < -0.3 is 5.11 Å². The zero-order chi connectivity index (χ0) is 22.2. The standard InChI is InChI=1S/C22H18F3N3O2S/c1-13-18(31-21(27-13)15-5-8-17(9-6-15)22(23,24)25)12-28-20-14(7-10-19(29)30)3-2-4-16(20)11-26-28/h2-6,8-9,11H,7,10,12H2,1H3,(H,29,30). The van der Waals surface area contributed by atoms with Crippen LogP contribution in [0.15, 0.2) is 48.7 Å². The Morgan fingerprint density at radius 3 is 2.58 bits per heavy atom. The molecule has 0 spiro atoms. The van der Waals surface area contributed by atoms with Crippen molar-refractivity contribution in [2.75, 3.05) is 0 Å². The lowest BCUT2D eigenvalue weighted by Crippen LogP contribution is -2.04. The van der Waals surface area contributed by atoms with Crippen LogP contribution in [0.3, 0.4) is 0 Å². The Balaban J connectivity index is 1.63. The van der Waals surface area contributed by atoms with E-state index in [0.29, 0.717) is 23.5 Å². The predicted molar refractivity (Wildman–Crippen MR) is 112 cm³/mol. The van der Waals surface area contributed by atoms with E-state index < -0.39 is 17.7 Å². The van der Waals surface area contributed by atoms with Crippen LogP contribution < -0.4 is 0 Å². The van der Waals surface area contributed by atoms with E-state index in [1.807, 2.05) is 29.8 Å². The molecule has 1 N–H and O–H groups in total. The van der Waals surface area contributed by atoms with Crippen molar-refractivity contribution in [3.63, 3.8) is 0 Å². The van der Waals surface area contributed by atoms with Gasteiger partial charge in [0.25, 0.3) is 0 Å².